The first kappa shape index (κ1) is 23.5. The van der Waals surface area contributed by atoms with Gasteiger partial charge in [0.05, 0.1) is 36.8 Å². The third-order valence-electron chi connectivity index (χ3n) is 6.87. The Bertz CT molecular complexity index is 1590. The van der Waals surface area contributed by atoms with E-state index in [1.54, 1.807) is 24.1 Å². The van der Waals surface area contributed by atoms with E-state index in [0.717, 1.165) is 39.8 Å². The van der Waals surface area contributed by atoms with Crippen LogP contribution in [-0.4, -0.2) is 32.4 Å². The first-order chi connectivity index (χ1) is 18.5. The van der Waals surface area contributed by atoms with Gasteiger partial charge >= 0.3 is 6.03 Å². The van der Waals surface area contributed by atoms with E-state index in [0.29, 0.717) is 12.2 Å². The maximum absolute atomic E-state index is 13.9. The molecule has 0 radical (unpaired) electrons. The Labute approximate surface area is 219 Å². The molecule has 0 saturated carbocycles. The molecule has 5 aromatic rings. The number of fused-ring (bicyclic) bond motifs is 3. The number of aromatic nitrogens is 3. The molecule has 8 heteroatoms. The molecule has 0 unspecified atom stereocenters. The lowest BCUT2D eigenvalue weighted by molar-refractivity contribution is 0.194. The van der Waals surface area contributed by atoms with E-state index in [-0.39, 0.29) is 11.8 Å². The van der Waals surface area contributed by atoms with Gasteiger partial charge in [0.2, 0.25) is 0 Å². The van der Waals surface area contributed by atoms with Gasteiger partial charge < -0.3 is 19.5 Å². The van der Waals surface area contributed by atoms with Crippen LogP contribution in [0.1, 0.15) is 28.6 Å². The van der Waals surface area contributed by atoms with E-state index in [2.05, 4.69) is 9.88 Å². The van der Waals surface area contributed by atoms with E-state index in [9.17, 15) is 9.18 Å². The maximum Gasteiger partial charge on any atom is 0.322 e. The minimum Gasteiger partial charge on any atom is -0.497 e. The van der Waals surface area contributed by atoms with Gasteiger partial charge in [-0.2, -0.15) is 5.10 Å². The second-order valence-electron chi connectivity index (χ2n) is 9.18. The van der Waals surface area contributed by atoms with E-state index < -0.39 is 6.04 Å². The van der Waals surface area contributed by atoms with Gasteiger partial charge in [-0.05, 0) is 73.2 Å². The molecule has 3 aromatic carbocycles. The van der Waals surface area contributed by atoms with Gasteiger partial charge in [0, 0.05) is 17.4 Å². The first-order valence-corrected chi connectivity index (χ1v) is 12.3. The zero-order chi connectivity index (χ0) is 26.2. The number of ether oxygens (including phenoxy) is 1. The number of urea groups is 1. The van der Waals surface area contributed by atoms with E-state index >= 15 is 0 Å². The van der Waals surface area contributed by atoms with Crippen molar-refractivity contribution >= 4 is 11.7 Å². The molecule has 7 nitrogen and oxygen atoms in total. The van der Waals surface area contributed by atoms with Crippen LogP contribution in [0.2, 0.25) is 0 Å². The Morgan fingerprint density at radius 3 is 2.42 bits per heavy atom. The third kappa shape index (κ3) is 4.10. The number of hydrogen-bond donors (Lipinski definition) is 1. The molecule has 190 valence electrons. The molecule has 0 spiro atoms. The van der Waals surface area contributed by atoms with Gasteiger partial charge in [-0.15, -0.1) is 0 Å². The number of benzene rings is 3. The Hall–Kier alpha value is -4.85. The summed E-state index contributed by atoms with van der Waals surface area (Å²) in [5.41, 5.74) is 5.07. The molecule has 1 atom stereocenters. The molecule has 2 amide bonds. The van der Waals surface area contributed by atoms with Crippen LogP contribution >= 0.6 is 0 Å². The van der Waals surface area contributed by atoms with Crippen molar-refractivity contribution < 1.29 is 13.9 Å². The molecule has 0 saturated heterocycles. The van der Waals surface area contributed by atoms with Gasteiger partial charge in [-0.3, -0.25) is 0 Å². The molecule has 0 fully saturated rings. The quantitative estimate of drug-likeness (QED) is 0.312. The van der Waals surface area contributed by atoms with Gasteiger partial charge in [0.25, 0.3) is 0 Å². The Morgan fingerprint density at radius 2 is 1.71 bits per heavy atom. The molecule has 1 N–H and O–H groups in total. The number of hydrogen-bond acceptors (Lipinski definition) is 3. The lowest BCUT2D eigenvalue weighted by atomic mass is 10.0. The average molecular weight is 508 g/mol. The Kier molecular flexibility index (Phi) is 5.92. The molecular formula is C30H26FN5O2. The fourth-order valence-electron chi connectivity index (χ4n) is 5.01. The summed E-state index contributed by atoms with van der Waals surface area (Å²) in [6.45, 7) is 2.28. The van der Waals surface area contributed by atoms with E-state index in [1.807, 2.05) is 84.5 Å². The number of carbonyl (C=O) groups excluding carboxylic acids is 1. The third-order valence-corrected chi connectivity index (χ3v) is 6.87. The molecule has 38 heavy (non-hydrogen) atoms. The summed E-state index contributed by atoms with van der Waals surface area (Å²) in [6.07, 6.45) is 2.01. The maximum atomic E-state index is 13.9. The fraction of sp³-hybridized carbons (Fsp3) is 0.133. The van der Waals surface area contributed by atoms with Crippen molar-refractivity contribution in [3.8, 4) is 17.3 Å². The van der Waals surface area contributed by atoms with Gasteiger partial charge in [-0.25, -0.2) is 13.9 Å². The number of methoxy groups -OCH3 is 1. The van der Waals surface area contributed by atoms with Crippen LogP contribution in [0, 0.1) is 12.7 Å². The summed E-state index contributed by atoms with van der Waals surface area (Å²) in [4.78, 5) is 15.7. The van der Waals surface area contributed by atoms with Crippen LogP contribution in [0.3, 0.4) is 0 Å². The van der Waals surface area contributed by atoms with Crippen molar-refractivity contribution in [2.45, 2.75) is 19.5 Å². The SMILES string of the molecule is COc1ccc([C@@H]2c3cccn3-c3c(c(C)nn3-c3ccccc3)CN2C(=O)Nc2ccc(F)cc2)cc1. The molecule has 1 aliphatic heterocycles. The number of halogens is 1. The number of para-hydroxylation sites is 1. The normalized spacial score (nSPS) is 14.4. The minimum absolute atomic E-state index is 0.301. The summed E-state index contributed by atoms with van der Waals surface area (Å²) in [6, 6.07) is 26.8. The lowest BCUT2D eigenvalue weighted by Gasteiger charge is -2.31. The second-order valence-corrected chi connectivity index (χ2v) is 9.18. The van der Waals surface area contributed by atoms with Crippen LogP contribution in [-0.2, 0) is 6.54 Å². The van der Waals surface area contributed by atoms with Crippen molar-refractivity contribution in [3.05, 3.63) is 126 Å². The number of nitrogens with zero attached hydrogens (tertiary/aromatic N) is 4. The highest BCUT2D eigenvalue weighted by atomic mass is 19.1. The van der Waals surface area contributed by atoms with Crippen molar-refractivity contribution in [1.82, 2.24) is 19.2 Å². The van der Waals surface area contributed by atoms with Gasteiger partial charge in [0.15, 0.2) is 0 Å². The second kappa shape index (κ2) is 9.55. The first-order valence-electron chi connectivity index (χ1n) is 12.3. The highest BCUT2D eigenvalue weighted by Gasteiger charge is 2.36. The van der Waals surface area contributed by atoms with Gasteiger partial charge in [0.1, 0.15) is 17.4 Å². The zero-order valence-corrected chi connectivity index (χ0v) is 21.0. The zero-order valence-electron chi connectivity index (χ0n) is 21.0. The van der Waals surface area contributed by atoms with Crippen LogP contribution in [0.5, 0.6) is 5.75 Å². The molecule has 1 aliphatic rings. The molecule has 6 rings (SSSR count). The van der Waals surface area contributed by atoms with Crippen LogP contribution < -0.4 is 10.1 Å². The van der Waals surface area contributed by atoms with E-state index in [1.165, 1.54) is 12.1 Å². The number of anilines is 1. The summed E-state index contributed by atoms with van der Waals surface area (Å²) in [5.74, 6) is 1.27. The van der Waals surface area contributed by atoms with E-state index in [4.69, 9.17) is 9.84 Å². The predicted octanol–water partition coefficient (Wildman–Crippen LogP) is 6.26. The lowest BCUT2D eigenvalue weighted by Crippen LogP contribution is -2.38. The topological polar surface area (TPSA) is 64.3 Å². The molecule has 0 bridgehead atoms. The van der Waals surface area contributed by atoms with Crippen molar-refractivity contribution in [2.75, 3.05) is 12.4 Å². The van der Waals surface area contributed by atoms with Crippen molar-refractivity contribution in [2.24, 2.45) is 0 Å². The standard InChI is InChI=1S/C30H26FN5O2/c1-20-26-19-35(30(37)32-23-14-12-22(31)13-15-23)28(21-10-16-25(38-2)17-11-21)27-9-6-18-34(27)29(26)36(33-20)24-7-4-3-5-8-24/h3-18,28H,19H2,1-2H3,(H,32,37)/t28-/m1/s1. The summed E-state index contributed by atoms with van der Waals surface area (Å²) in [5, 5.41) is 7.83. The molecule has 2 aromatic heterocycles. The smallest absolute Gasteiger partial charge is 0.322 e. The molecule has 3 heterocycles. The number of amides is 2. The summed E-state index contributed by atoms with van der Waals surface area (Å²) >= 11 is 0. The minimum atomic E-state index is -0.410. The van der Waals surface area contributed by atoms with Crippen molar-refractivity contribution in [3.63, 3.8) is 0 Å². The summed E-state index contributed by atoms with van der Waals surface area (Å²) in [7, 11) is 1.63. The highest BCUT2D eigenvalue weighted by molar-refractivity contribution is 5.90. The number of carbonyl (C=O) groups is 1. The number of rotatable bonds is 4. The highest BCUT2D eigenvalue weighted by Crippen LogP contribution is 2.39. The Balaban J connectivity index is 1.52. The van der Waals surface area contributed by atoms with Crippen LogP contribution in [0.25, 0.3) is 11.5 Å². The Morgan fingerprint density at radius 1 is 0.974 bits per heavy atom. The monoisotopic (exact) mass is 507 g/mol. The summed E-state index contributed by atoms with van der Waals surface area (Å²) < 4.78 is 22.9. The number of nitrogens with one attached hydrogen (secondary N) is 1. The molecular weight excluding hydrogens is 481 g/mol. The van der Waals surface area contributed by atoms with Gasteiger partial charge in [-0.1, -0.05) is 30.3 Å². The predicted molar refractivity (Wildman–Crippen MR) is 143 cm³/mol. The van der Waals surface area contributed by atoms with Crippen LogP contribution in [0.15, 0.2) is 97.2 Å². The van der Waals surface area contributed by atoms with Crippen molar-refractivity contribution in [1.29, 1.82) is 0 Å². The largest absolute Gasteiger partial charge is 0.497 e. The fourth-order valence-corrected chi connectivity index (χ4v) is 5.01. The molecule has 0 aliphatic carbocycles. The number of aryl methyl sites for hydroxylation is 1. The van der Waals surface area contributed by atoms with Crippen LogP contribution in [0.4, 0.5) is 14.9 Å². The average Bonchev–Trinajstić information content (AvgIpc) is 3.51.